The lowest BCUT2D eigenvalue weighted by atomic mass is 9.48. The molecule has 3 atom stereocenters. The third kappa shape index (κ3) is 2.11. The summed E-state index contributed by atoms with van der Waals surface area (Å²) in [5.41, 5.74) is 6.00. The summed E-state index contributed by atoms with van der Waals surface area (Å²) < 4.78 is 7.50. The predicted molar refractivity (Wildman–Crippen MR) is 89.0 cm³/mol. The molecule has 1 heterocycles. The number of ether oxygens (including phenoxy) is 1. The van der Waals surface area contributed by atoms with Gasteiger partial charge in [0.1, 0.15) is 5.54 Å². The Balaban J connectivity index is 1.85. The molecule has 4 nitrogen and oxygen atoms in total. The highest BCUT2D eigenvalue weighted by Crippen LogP contribution is 2.58. The number of anilines is 1. The molecule has 1 saturated carbocycles. The van der Waals surface area contributed by atoms with E-state index in [-0.39, 0.29) is 23.3 Å². The van der Waals surface area contributed by atoms with E-state index in [2.05, 4.69) is 37.2 Å². The number of carbonyl (C=O) groups excluding carboxylic acids is 1. The Labute approximate surface area is 141 Å². The summed E-state index contributed by atoms with van der Waals surface area (Å²) >= 11 is 6.85. The van der Waals surface area contributed by atoms with Crippen molar-refractivity contribution in [3.63, 3.8) is 0 Å². The maximum Gasteiger partial charge on any atom is 0.245 e. The van der Waals surface area contributed by atoms with Gasteiger partial charge in [-0.1, -0.05) is 29.8 Å². The van der Waals surface area contributed by atoms with Crippen molar-refractivity contribution in [2.24, 2.45) is 17.1 Å². The van der Waals surface area contributed by atoms with Crippen LogP contribution in [0.3, 0.4) is 0 Å². The summed E-state index contributed by atoms with van der Waals surface area (Å²) in [6.45, 7) is 4.71. The van der Waals surface area contributed by atoms with E-state index < -0.39 is 5.54 Å². The van der Waals surface area contributed by atoms with Gasteiger partial charge in [0.25, 0.3) is 0 Å². The molecule has 6 heteroatoms. The first-order valence-corrected chi connectivity index (χ1v) is 8.54. The summed E-state index contributed by atoms with van der Waals surface area (Å²) in [5.74, 6) is -0.0380. The molecular weight excluding hydrogens is 400 g/mol. The number of amides is 1. The van der Waals surface area contributed by atoms with Crippen LogP contribution in [0.2, 0.25) is 0 Å². The van der Waals surface area contributed by atoms with Crippen LogP contribution < -0.4 is 11.1 Å². The minimum absolute atomic E-state index is 0.0848. The van der Waals surface area contributed by atoms with Gasteiger partial charge < -0.3 is 15.8 Å². The van der Waals surface area contributed by atoms with Crippen LogP contribution in [0.1, 0.15) is 20.3 Å². The molecule has 3 N–H and O–H groups in total. The number of nitrogens with one attached hydrogen (secondary N) is 1. The van der Waals surface area contributed by atoms with Crippen molar-refractivity contribution in [2.45, 2.75) is 31.9 Å². The highest BCUT2D eigenvalue weighted by molar-refractivity contribution is 9.11. The quantitative estimate of drug-likeness (QED) is 0.775. The third-order valence-electron chi connectivity index (χ3n) is 5.01. The van der Waals surface area contributed by atoms with E-state index in [9.17, 15) is 4.79 Å². The molecule has 1 saturated heterocycles. The number of carbonyl (C=O) groups is 1. The van der Waals surface area contributed by atoms with Crippen LogP contribution in [0.5, 0.6) is 0 Å². The van der Waals surface area contributed by atoms with Gasteiger partial charge in [-0.25, -0.2) is 0 Å². The smallest absolute Gasteiger partial charge is 0.245 e. The average Bonchev–Trinajstić information content (AvgIpc) is 2.89. The normalized spacial score (nSPS) is 33.2. The molecule has 21 heavy (non-hydrogen) atoms. The maximum absolute atomic E-state index is 12.8. The predicted octanol–water partition coefficient (Wildman–Crippen LogP) is 3.29. The second-order valence-corrected chi connectivity index (χ2v) is 8.13. The van der Waals surface area contributed by atoms with Crippen molar-refractivity contribution < 1.29 is 9.53 Å². The molecule has 0 bridgehead atoms. The molecule has 0 aromatic heterocycles. The van der Waals surface area contributed by atoms with Gasteiger partial charge >= 0.3 is 0 Å². The van der Waals surface area contributed by atoms with Crippen molar-refractivity contribution in [1.82, 2.24) is 0 Å². The number of nitrogens with two attached hydrogens (primary N) is 1. The molecule has 1 aliphatic carbocycles. The lowest BCUT2D eigenvalue weighted by molar-refractivity contribution is -0.170. The topological polar surface area (TPSA) is 64.3 Å². The van der Waals surface area contributed by atoms with Gasteiger partial charge in [0.15, 0.2) is 0 Å². The van der Waals surface area contributed by atoms with E-state index in [1.54, 1.807) is 0 Å². The molecule has 3 unspecified atom stereocenters. The Bertz CT molecular complexity index is 605. The zero-order valence-corrected chi connectivity index (χ0v) is 15.1. The minimum atomic E-state index is -0.888. The molecule has 1 aromatic rings. The van der Waals surface area contributed by atoms with Gasteiger partial charge in [-0.05, 0) is 40.5 Å². The molecule has 1 aromatic carbocycles. The average molecular weight is 418 g/mol. The number of fused-ring (bicyclic) bond motifs is 1. The number of benzene rings is 1. The maximum atomic E-state index is 12.8. The van der Waals surface area contributed by atoms with Crippen LogP contribution in [0.4, 0.5) is 5.69 Å². The van der Waals surface area contributed by atoms with Gasteiger partial charge in [-0.2, -0.15) is 0 Å². The van der Waals surface area contributed by atoms with Crippen molar-refractivity contribution in [2.75, 3.05) is 11.9 Å². The standard InChI is InChI=1S/C15H18Br2N2O2/c1-14(2)12-9(5-6-21-12)15(14,18)13(20)19-11-4-3-8(16)7-10(11)17/h3-4,7,9,12H,5-6,18H2,1-2H3,(H,19,20). The van der Waals surface area contributed by atoms with Crippen LogP contribution in [0, 0.1) is 11.3 Å². The Hall–Kier alpha value is -0.430. The number of halogens is 2. The van der Waals surface area contributed by atoms with Gasteiger partial charge in [-0.3, -0.25) is 4.79 Å². The van der Waals surface area contributed by atoms with Gasteiger partial charge in [-0.15, -0.1) is 0 Å². The first kappa shape index (κ1) is 15.5. The van der Waals surface area contributed by atoms with Crippen molar-refractivity contribution >= 4 is 43.5 Å². The Morgan fingerprint density at radius 2 is 2.14 bits per heavy atom. The van der Waals surface area contributed by atoms with Crippen LogP contribution in [0.25, 0.3) is 0 Å². The van der Waals surface area contributed by atoms with E-state index in [0.717, 1.165) is 21.1 Å². The molecule has 1 aliphatic heterocycles. The number of hydrogen-bond donors (Lipinski definition) is 2. The monoisotopic (exact) mass is 416 g/mol. The van der Waals surface area contributed by atoms with E-state index in [1.807, 2.05) is 32.0 Å². The van der Waals surface area contributed by atoms with E-state index in [4.69, 9.17) is 10.5 Å². The fourth-order valence-electron chi connectivity index (χ4n) is 3.66. The summed E-state index contributed by atoms with van der Waals surface area (Å²) in [5, 5.41) is 2.96. The van der Waals surface area contributed by atoms with Crippen LogP contribution in [-0.2, 0) is 9.53 Å². The van der Waals surface area contributed by atoms with Crippen molar-refractivity contribution in [1.29, 1.82) is 0 Å². The van der Waals surface area contributed by atoms with Crippen LogP contribution in [-0.4, -0.2) is 24.2 Å². The Morgan fingerprint density at radius 1 is 1.43 bits per heavy atom. The summed E-state index contributed by atoms with van der Waals surface area (Å²) in [4.78, 5) is 12.8. The molecule has 2 fully saturated rings. The second-order valence-electron chi connectivity index (χ2n) is 6.36. The van der Waals surface area contributed by atoms with Gasteiger partial charge in [0.05, 0.1) is 11.8 Å². The Morgan fingerprint density at radius 3 is 2.81 bits per heavy atom. The third-order valence-corrected chi connectivity index (χ3v) is 6.16. The first-order valence-electron chi connectivity index (χ1n) is 6.95. The minimum Gasteiger partial charge on any atom is -0.377 e. The molecule has 2 aliphatic rings. The molecule has 0 spiro atoms. The highest BCUT2D eigenvalue weighted by Gasteiger charge is 2.71. The van der Waals surface area contributed by atoms with Crippen LogP contribution in [0.15, 0.2) is 27.1 Å². The zero-order chi connectivity index (χ0) is 15.4. The highest BCUT2D eigenvalue weighted by atomic mass is 79.9. The second kappa shape index (κ2) is 5.05. The van der Waals surface area contributed by atoms with E-state index in [1.165, 1.54) is 0 Å². The fraction of sp³-hybridized carbons (Fsp3) is 0.533. The number of rotatable bonds is 2. The fourth-order valence-corrected chi connectivity index (χ4v) is 4.81. The summed E-state index contributed by atoms with van der Waals surface area (Å²) in [6.07, 6.45) is 0.932. The lowest BCUT2D eigenvalue weighted by Gasteiger charge is -2.60. The lowest BCUT2D eigenvalue weighted by Crippen LogP contribution is -2.79. The van der Waals surface area contributed by atoms with Crippen molar-refractivity contribution in [3.8, 4) is 0 Å². The van der Waals surface area contributed by atoms with Crippen LogP contribution >= 0.6 is 31.9 Å². The largest absolute Gasteiger partial charge is 0.377 e. The Kier molecular flexibility index (Phi) is 3.72. The molecule has 114 valence electrons. The van der Waals surface area contributed by atoms with Crippen molar-refractivity contribution in [3.05, 3.63) is 27.1 Å². The summed E-state index contributed by atoms with van der Waals surface area (Å²) in [6, 6.07) is 5.63. The first-order chi connectivity index (χ1) is 9.78. The SMILES string of the molecule is CC1(C)C2OCCC2C1(N)C(=O)Nc1ccc(Br)cc1Br. The van der Waals surface area contributed by atoms with Gasteiger partial charge in [0.2, 0.25) is 5.91 Å². The van der Waals surface area contributed by atoms with E-state index in [0.29, 0.717) is 6.61 Å². The molecular formula is C15H18Br2N2O2. The van der Waals surface area contributed by atoms with E-state index >= 15 is 0 Å². The molecule has 1 amide bonds. The molecule has 3 rings (SSSR count). The van der Waals surface area contributed by atoms with Gasteiger partial charge in [0, 0.05) is 26.9 Å². The number of hydrogen-bond acceptors (Lipinski definition) is 3. The molecule has 0 radical (unpaired) electrons. The summed E-state index contributed by atoms with van der Waals surface area (Å²) in [7, 11) is 0. The zero-order valence-electron chi connectivity index (χ0n) is 12.0.